The average Bonchev–Trinajstić information content (AvgIpc) is 2.71. The summed E-state index contributed by atoms with van der Waals surface area (Å²) in [4.78, 5) is 15.1. The second-order valence-corrected chi connectivity index (χ2v) is 3.62. The van der Waals surface area contributed by atoms with E-state index in [9.17, 15) is 4.79 Å². The van der Waals surface area contributed by atoms with E-state index < -0.39 is 0 Å². The van der Waals surface area contributed by atoms with Gasteiger partial charge in [-0.15, -0.1) is 0 Å². The largest absolute Gasteiger partial charge is 0.320 e. The fourth-order valence-electron chi connectivity index (χ4n) is 1.79. The van der Waals surface area contributed by atoms with Crippen molar-refractivity contribution < 1.29 is 4.79 Å². The lowest BCUT2D eigenvalue weighted by atomic mass is 10.3. The van der Waals surface area contributed by atoms with Crippen molar-refractivity contribution in [3.05, 3.63) is 35.4 Å². The Bertz CT molecular complexity index is 508. The maximum atomic E-state index is 10.8. The van der Waals surface area contributed by atoms with Crippen molar-refractivity contribution in [3.8, 4) is 5.95 Å². The van der Waals surface area contributed by atoms with Crippen molar-refractivity contribution in [3.63, 3.8) is 0 Å². The van der Waals surface area contributed by atoms with Crippen LogP contribution in [-0.4, -0.2) is 20.4 Å². The monoisotopic (exact) mass is 203 g/mol. The highest BCUT2D eigenvalue weighted by atomic mass is 16.1. The normalized spacial score (nSPS) is 10.6. The molecule has 0 atom stereocenters. The van der Waals surface area contributed by atoms with Crippen LogP contribution in [0.5, 0.6) is 0 Å². The lowest BCUT2D eigenvalue weighted by Gasteiger charge is -2.08. The van der Waals surface area contributed by atoms with Gasteiger partial charge < -0.3 is 4.57 Å². The molecular formula is C11H13N3O. The van der Waals surface area contributed by atoms with Gasteiger partial charge in [-0.2, -0.15) is 0 Å². The molecule has 0 amide bonds. The van der Waals surface area contributed by atoms with Gasteiger partial charge in [0.25, 0.3) is 0 Å². The van der Waals surface area contributed by atoms with Gasteiger partial charge in [-0.05, 0) is 19.9 Å². The van der Waals surface area contributed by atoms with Gasteiger partial charge in [0.15, 0.2) is 6.29 Å². The highest BCUT2D eigenvalue weighted by molar-refractivity contribution is 5.77. The third kappa shape index (κ3) is 1.38. The van der Waals surface area contributed by atoms with Crippen molar-refractivity contribution in [1.29, 1.82) is 0 Å². The molecule has 0 aliphatic rings. The molecule has 0 bridgehead atoms. The third-order valence-electron chi connectivity index (χ3n) is 2.59. The van der Waals surface area contributed by atoms with Gasteiger partial charge in [0.05, 0.1) is 0 Å². The number of hydrogen-bond acceptors (Lipinski definition) is 2. The summed E-state index contributed by atoms with van der Waals surface area (Å²) in [5.41, 5.74) is 2.66. The standard InChI is InChI=1S/C11H13N3O/c1-8-6-10(7-15)9(2)14(8)11-12-4-5-13(11)3/h4-7H,1-3H3. The first kappa shape index (κ1) is 9.71. The van der Waals surface area contributed by atoms with Crippen LogP contribution in [0, 0.1) is 13.8 Å². The Kier molecular flexibility index (Phi) is 2.19. The molecule has 4 nitrogen and oxygen atoms in total. The molecule has 0 N–H and O–H groups in total. The van der Waals surface area contributed by atoms with Crippen molar-refractivity contribution in [1.82, 2.24) is 14.1 Å². The van der Waals surface area contributed by atoms with Gasteiger partial charge in [-0.1, -0.05) is 0 Å². The highest BCUT2D eigenvalue weighted by Crippen LogP contribution is 2.17. The zero-order chi connectivity index (χ0) is 11.0. The maximum Gasteiger partial charge on any atom is 0.213 e. The molecule has 0 fully saturated rings. The van der Waals surface area contributed by atoms with E-state index in [1.54, 1.807) is 6.20 Å². The molecule has 2 rings (SSSR count). The quantitative estimate of drug-likeness (QED) is 0.696. The zero-order valence-corrected chi connectivity index (χ0v) is 9.06. The lowest BCUT2D eigenvalue weighted by Crippen LogP contribution is -2.06. The van der Waals surface area contributed by atoms with Gasteiger partial charge in [0.2, 0.25) is 5.95 Å². The maximum absolute atomic E-state index is 10.8. The summed E-state index contributed by atoms with van der Waals surface area (Å²) in [6.07, 6.45) is 4.51. The van der Waals surface area contributed by atoms with Crippen LogP contribution in [0.3, 0.4) is 0 Å². The minimum absolute atomic E-state index is 0.718. The van der Waals surface area contributed by atoms with E-state index >= 15 is 0 Å². The van der Waals surface area contributed by atoms with Crippen molar-refractivity contribution in [2.45, 2.75) is 13.8 Å². The Balaban J connectivity index is 2.68. The van der Waals surface area contributed by atoms with Crippen LogP contribution >= 0.6 is 0 Å². The predicted octanol–water partition coefficient (Wildman–Crippen LogP) is 1.64. The molecule has 0 aromatic carbocycles. The van der Waals surface area contributed by atoms with Gasteiger partial charge in [-0.25, -0.2) is 4.98 Å². The molecule has 15 heavy (non-hydrogen) atoms. The molecule has 2 aromatic rings. The summed E-state index contributed by atoms with van der Waals surface area (Å²) < 4.78 is 3.90. The molecule has 2 heterocycles. The summed E-state index contributed by atoms with van der Waals surface area (Å²) in [7, 11) is 1.93. The second-order valence-electron chi connectivity index (χ2n) is 3.62. The number of nitrogens with zero attached hydrogens (tertiary/aromatic N) is 3. The van der Waals surface area contributed by atoms with E-state index in [2.05, 4.69) is 4.98 Å². The Morgan fingerprint density at radius 1 is 1.40 bits per heavy atom. The molecule has 0 radical (unpaired) electrons. The molecule has 0 spiro atoms. The van der Waals surface area contributed by atoms with Gasteiger partial charge in [0, 0.05) is 36.4 Å². The van der Waals surface area contributed by atoms with Crippen LogP contribution < -0.4 is 0 Å². The van der Waals surface area contributed by atoms with Crippen LogP contribution in [0.15, 0.2) is 18.5 Å². The lowest BCUT2D eigenvalue weighted by molar-refractivity contribution is 0.112. The van der Waals surface area contributed by atoms with Crippen LogP contribution in [0.1, 0.15) is 21.7 Å². The number of hydrogen-bond donors (Lipinski definition) is 0. The van der Waals surface area contributed by atoms with E-state index in [0.29, 0.717) is 0 Å². The molecule has 2 aromatic heterocycles. The summed E-state index contributed by atoms with van der Waals surface area (Å²) in [5.74, 6) is 0.832. The van der Waals surface area contributed by atoms with E-state index in [1.165, 1.54) is 0 Å². The van der Waals surface area contributed by atoms with Crippen molar-refractivity contribution in [2.24, 2.45) is 7.05 Å². The number of carbonyl (C=O) groups is 1. The zero-order valence-electron chi connectivity index (χ0n) is 9.06. The minimum Gasteiger partial charge on any atom is -0.320 e. The van der Waals surface area contributed by atoms with Crippen LogP contribution in [0.25, 0.3) is 5.95 Å². The smallest absolute Gasteiger partial charge is 0.213 e. The molecule has 0 aliphatic carbocycles. The SMILES string of the molecule is Cc1cc(C=O)c(C)n1-c1nccn1C. The topological polar surface area (TPSA) is 39.8 Å². The summed E-state index contributed by atoms with van der Waals surface area (Å²) in [6.45, 7) is 3.89. The van der Waals surface area contributed by atoms with Crippen LogP contribution in [0.2, 0.25) is 0 Å². The molecule has 0 unspecified atom stereocenters. The number of aromatic nitrogens is 3. The van der Waals surface area contributed by atoms with E-state index in [-0.39, 0.29) is 0 Å². The minimum atomic E-state index is 0.718. The third-order valence-corrected chi connectivity index (χ3v) is 2.59. The van der Waals surface area contributed by atoms with Crippen molar-refractivity contribution in [2.75, 3.05) is 0 Å². The fraction of sp³-hybridized carbons (Fsp3) is 0.273. The molecule has 78 valence electrons. The molecule has 0 saturated carbocycles. The number of imidazole rings is 1. The Morgan fingerprint density at radius 3 is 2.60 bits per heavy atom. The second kappa shape index (κ2) is 3.38. The highest BCUT2D eigenvalue weighted by Gasteiger charge is 2.12. The number of aldehydes is 1. The predicted molar refractivity (Wildman–Crippen MR) is 57.4 cm³/mol. The van der Waals surface area contributed by atoms with Gasteiger partial charge in [-0.3, -0.25) is 9.36 Å². The summed E-state index contributed by atoms with van der Waals surface area (Å²) in [6, 6.07) is 1.87. The van der Waals surface area contributed by atoms with Gasteiger partial charge in [0.1, 0.15) is 0 Å². The first-order chi connectivity index (χ1) is 7.15. The average molecular weight is 203 g/mol. The number of aryl methyl sites for hydroxylation is 2. The number of carbonyl (C=O) groups excluding carboxylic acids is 1. The van der Waals surface area contributed by atoms with E-state index in [0.717, 1.165) is 29.2 Å². The van der Waals surface area contributed by atoms with Crippen LogP contribution in [-0.2, 0) is 7.05 Å². The molecule has 0 aliphatic heterocycles. The van der Waals surface area contributed by atoms with Crippen molar-refractivity contribution >= 4 is 6.29 Å². The molecule has 0 saturated heterocycles. The molecular weight excluding hydrogens is 190 g/mol. The summed E-state index contributed by atoms with van der Waals surface area (Å²) in [5, 5.41) is 0. The fourth-order valence-corrected chi connectivity index (χ4v) is 1.79. The number of rotatable bonds is 2. The molecule has 4 heteroatoms. The Hall–Kier alpha value is -1.84. The van der Waals surface area contributed by atoms with E-state index in [1.807, 2.05) is 42.3 Å². The summed E-state index contributed by atoms with van der Waals surface area (Å²) >= 11 is 0. The Labute approximate surface area is 88.2 Å². The first-order valence-electron chi connectivity index (χ1n) is 4.77. The van der Waals surface area contributed by atoms with Crippen LogP contribution in [0.4, 0.5) is 0 Å². The first-order valence-corrected chi connectivity index (χ1v) is 4.77. The van der Waals surface area contributed by atoms with E-state index in [4.69, 9.17) is 0 Å². The Morgan fingerprint density at radius 2 is 2.13 bits per heavy atom. The van der Waals surface area contributed by atoms with Gasteiger partial charge >= 0.3 is 0 Å².